The van der Waals surface area contributed by atoms with Gasteiger partial charge in [-0.15, -0.1) is 6.58 Å². The molecular formula is C16H25NO2. The van der Waals surface area contributed by atoms with Gasteiger partial charge in [0.15, 0.2) is 0 Å². The summed E-state index contributed by atoms with van der Waals surface area (Å²) in [4.78, 5) is 0. The maximum atomic E-state index is 5.79. The second-order valence-electron chi connectivity index (χ2n) is 5.01. The van der Waals surface area contributed by atoms with Crippen LogP contribution in [0.1, 0.15) is 12.5 Å². The summed E-state index contributed by atoms with van der Waals surface area (Å²) in [6.45, 7) is 9.76. The summed E-state index contributed by atoms with van der Waals surface area (Å²) in [7, 11) is 1.71. The maximum absolute atomic E-state index is 5.79. The van der Waals surface area contributed by atoms with E-state index in [2.05, 4.69) is 31.0 Å². The fourth-order valence-corrected chi connectivity index (χ4v) is 1.71. The molecule has 1 aromatic rings. The second kappa shape index (κ2) is 8.86. The Morgan fingerprint density at radius 2 is 2.05 bits per heavy atom. The molecular weight excluding hydrogens is 238 g/mol. The van der Waals surface area contributed by atoms with Gasteiger partial charge in [0, 0.05) is 25.6 Å². The zero-order valence-corrected chi connectivity index (χ0v) is 12.0. The molecule has 0 spiro atoms. The van der Waals surface area contributed by atoms with Gasteiger partial charge in [-0.25, -0.2) is 0 Å². The van der Waals surface area contributed by atoms with Crippen LogP contribution in [-0.4, -0.2) is 33.4 Å². The molecule has 0 bridgehead atoms. The number of nitrogens with one attached hydrogen (secondary N) is 1. The third kappa shape index (κ3) is 6.53. The lowest BCUT2D eigenvalue weighted by atomic mass is 9.92. The SMILES string of the molecule is C=CC(C)(CNCCOC)COCc1ccccc1. The van der Waals surface area contributed by atoms with Gasteiger partial charge in [0.05, 0.1) is 19.8 Å². The first kappa shape index (κ1) is 15.9. The van der Waals surface area contributed by atoms with Gasteiger partial charge in [-0.1, -0.05) is 43.3 Å². The number of ether oxygens (including phenoxy) is 2. The highest BCUT2D eigenvalue weighted by Crippen LogP contribution is 2.17. The topological polar surface area (TPSA) is 30.5 Å². The largest absolute Gasteiger partial charge is 0.383 e. The van der Waals surface area contributed by atoms with Gasteiger partial charge in [0.2, 0.25) is 0 Å². The third-order valence-corrected chi connectivity index (χ3v) is 3.05. The lowest BCUT2D eigenvalue weighted by Crippen LogP contribution is -2.35. The van der Waals surface area contributed by atoms with Crippen LogP contribution in [0, 0.1) is 5.41 Å². The first-order valence-corrected chi connectivity index (χ1v) is 6.65. The Kier molecular flexibility index (Phi) is 7.41. The molecule has 1 N–H and O–H groups in total. The summed E-state index contributed by atoms with van der Waals surface area (Å²) < 4.78 is 10.8. The van der Waals surface area contributed by atoms with E-state index < -0.39 is 0 Å². The summed E-state index contributed by atoms with van der Waals surface area (Å²) in [6, 6.07) is 10.2. The summed E-state index contributed by atoms with van der Waals surface area (Å²) in [6.07, 6.45) is 1.96. The molecule has 0 aliphatic heterocycles. The average molecular weight is 263 g/mol. The maximum Gasteiger partial charge on any atom is 0.0717 e. The van der Waals surface area contributed by atoms with Crippen LogP contribution >= 0.6 is 0 Å². The Balaban J connectivity index is 2.28. The van der Waals surface area contributed by atoms with Crippen molar-refractivity contribution in [2.45, 2.75) is 13.5 Å². The highest BCUT2D eigenvalue weighted by atomic mass is 16.5. The van der Waals surface area contributed by atoms with Crippen molar-refractivity contribution in [3.63, 3.8) is 0 Å². The zero-order chi connectivity index (χ0) is 14.0. The fourth-order valence-electron chi connectivity index (χ4n) is 1.71. The average Bonchev–Trinajstić information content (AvgIpc) is 2.45. The van der Waals surface area contributed by atoms with E-state index in [1.54, 1.807) is 7.11 Å². The van der Waals surface area contributed by atoms with Crippen molar-refractivity contribution in [1.29, 1.82) is 0 Å². The molecule has 1 rings (SSSR count). The predicted molar refractivity (Wildman–Crippen MR) is 79.1 cm³/mol. The molecule has 0 saturated carbocycles. The van der Waals surface area contributed by atoms with Crippen LogP contribution in [0.5, 0.6) is 0 Å². The molecule has 106 valence electrons. The summed E-state index contributed by atoms with van der Waals surface area (Å²) >= 11 is 0. The first-order valence-electron chi connectivity index (χ1n) is 6.65. The van der Waals surface area contributed by atoms with E-state index in [-0.39, 0.29) is 5.41 Å². The Labute approximate surface area is 116 Å². The second-order valence-corrected chi connectivity index (χ2v) is 5.01. The molecule has 0 fully saturated rings. The van der Waals surface area contributed by atoms with E-state index >= 15 is 0 Å². The van der Waals surface area contributed by atoms with Crippen LogP contribution in [0.3, 0.4) is 0 Å². The van der Waals surface area contributed by atoms with Gasteiger partial charge < -0.3 is 14.8 Å². The quantitative estimate of drug-likeness (QED) is 0.520. The summed E-state index contributed by atoms with van der Waals surface area (Å²) in [5.41, 5.74) is 1.14. The Bertz CT molecular complexity index is 353. The Hall–Kier alpha value is -1.16. The molecule has 1 unspecified atom stereocenters. The lowest BCUT2D eigenvalue weighted by Gasteiger charge is -2.26. The van der Waals surface area contributed by atoms with Gasteiger partial charge >= 0.3 is 0 Å². The molecule has 0 heterocycles. The van der Waals surface area contributed by atoms with Crippen molar-refractivity contribution in [2.75, 3.05) is 33.4 Å². The number of hydrogen-bond donors (Lipinski definition) is 1. The smallest absolute Gasteiger partial charge is 0.0717 e. The van der Waals surface area contributed by atoms with E-state index in [0.717, 1.165) is 19.7 Å². The van der Waals surface area contributed by atoms with Crippen LogP contribution in [0.2, 0.25) is 0 Å². The standard InChI is InChI=1S/C16H25NO2/c1-4-16(2,13-17-10-11-18-3)14-19-12-15-8-6-5-7-9-15/h4-9,17H,1,10-14H2,2-3H3. The first-order chi connectivity index (χ1) is 9.20. The van der Waals surface area contributed by atoms with Crippen LogP contribution in [0.25, 0.3) is 0 Å². The van der Waals surface area contributed by atoms with Gasteiger partial charge in [-0.05, 0) is 5.56 Å². The van der Waals surface area contributed by atoms with Crippen LogP contribution in [0.4, 0.5) is 0 Å². The molecule has 0 amide bonds. The van der Waals surface area contributed by atoms with Gasteiger partial charge in [0.25, 0.3) is 0 Å². The molecule has 0 aliphatic rings. The molecule has 0 aliphatic carbocycles. The number of rotatable bonds is 10. The Morgan fingerprint density at radius 3 is 2.68 bits per heavy atom. The predicted octanol–water partition coefficient (Wildman–Crippen LogP) is 2.63. The minimum absolute atomic E-state index is 0.0531. The monoisotopic (exact) mass is 263 g/mol. The van der Waals surface area contributed by atoms with Crippen LogP contribution < -0.4 is 5.32 Å². The normalized spacial score (nSPS) is 14.0. The highest BCUT2D eigenvalue weighted by molar-refractivity contribution is 5.13. The van der Waals surface area contributed by atoms with E-state index in [9.17, 15) is 0 Å². The van der Waals surface area contributed by atoms with Crippen molar-refractivity contribution in [2.24, 2.45) is 5.41 Å². The molecule has 19 heavy (non-hydrogen) atoms. The highest BCUT2D eigenvalue weighted by Gasteiger charge is 2.20. The van der Waals surface area contributed by atoms with Crippen LogP contribution in [0.15, 0.2) is 43.0 Å². The van der Waals surface area contributed by atoms with Crippen molar-refractivity contribution in [3.8, 4) is 0 Å². The molecule has 1 atom stereocenters. The summed E-state index contributed by atoms with van der Waals surface area (Å²) in [5, 5.41) is 3.35. The zero-order valence-electron chi connectivity index (χ0n) is 12.0. The van der Waals surface area contributed by atoms with E-state index in [1.165, 1.54) is 5.56 Å². The minimum Gasteiger partial charge on any atom is -0.383 e. The van der Waals surface area contributed by atoms with Crippen LogP contribution in [-0.2, 0) is 16.1 Å². The summed E-state index contributed by atoms with van der Waals surface area (Å²) in [5.74, 6) is 0. The van der Waals surface area contributed by atoms with Crippen molar-refractivity contribution in [1.82, 2.24) is 5.32 Å². The molecule has 0 radical (unpaired) electrons. The van der Waals surface area contributed by atoms with E-state index in [0.29, 0.717) is 13.2 Å². The molecule has 3 heteroatoms. The lowest BCUT2D eigenvalue weighted by molar-refractivity contribution is 0.0634. The van der Waals surface area contributed by atoms with Gasteiger partial charge in [-0.3, -0.25) is 0 Å². The molecule has 0 saturated heterocycles. The number of methoxy groups -OCH3 is 1. The van der Waals surface area contributed by atoms with E-state index in [4.69, 9.17) is 9.47 Å². The van der Waals surface area contributed by atoms with E-state index in [1.807, 2.05) is 24.3 Å². The molecule has 0 aromatic heterocycles. The van der Waals surface area contributed by atoms with Crippen molar-refractivity contribution < 1.29 is 9.47 Å². The van der Waals surface area contributed by atoms with Gasteiger partial charge in [0.1, 0.15) is 0 Å². The number of benzene rings is 1. The Morgan fingerprint density at radius 1 is 1.32 bits per heavy atom. The molecule has 1 aromatic carbocycles. The fraction of sp³-hybridized carbons (Fsp3) is 0.500. The minimum atomic E-state index is -0.0531. The van der Waals surface area contributed by atoms with Crippen molar-refractivity contribution in [3.05, 3.63) is 48.6 Å². The van der Waals surface area contributed by atoms with Gasteiger partial charge in [-0.2, -0.15) is 0 Å². The third-order valence-electron chi connectivity index (χ3n) is 3.05. The van der Waals surface area contributed by atoms with Crippen molar-refractivity contribution >= 4 is 0 Å². The molecule has 3 nitrogen and oxygen atoms in total. The number of hydrogen-bond acceptors (Lipinski definition) is 3.